The van der Waals surface area contributed by atoms with E-state index in [1.165, 1.54) is 4.90 Å². The first-order valence-electron chi connectivity index (χ1n) is 15.8. The summed E-state index contributed by atoms with van der Waals surface area (Å²) in [6, 6.07) is 5.06. The van der Waals surface area contributed by atoms with Crippen LogP contribution in [0.5, 0.6) is 0 Å². The van der Waals surface area contributed by atoms with Crippen LogP contribution in [0.3, 0.4) is 0 Å². The molecule has 5 aromatic rings. The molecule has 49 heavy (non-hydrogen) atoms. The van der Waals surface area contributed by atoms with E-state index in [0.717, 1.165) is 11.5 Å². The molecule has 2 saturated heterocycles. The van der Waals surface area contributed by atoms with Crippen LogP contribution in [-0.4, -0.2) is 92.9 Å². The number of nitriles is 1. The fourth-order valence-corrected chi connectivity index (χ4v) is 7.63. The monoisotopic (exact) mass is 709 g/mol. The lowest BCUT2D eigenvalue weighted by atomic mass is 9.93. The zero-order chi connectivity index (χ0) is 34.7. The van der Waals surface area contributed by atoms with Gasteiger partial charge in [-0.2, -0.15) is 15.5 Å². The number of hydrogen-bond donors (Lipinski definition) is 1. The van der Waals surface area contributed by atoms with Crippen molar-refractivity contribution in [3.05, 3.63) is 58.1 Å². The highest BCUT2D eigenvalue weighted by Gasteiger charge is 2.36. The molecule has 254 valence electrons. The van der Waals surface area contributed by atoms with E-state index < -0.39 is 24.2 Å². The summed E-state index contributed by atoms with van der Waals surface area (Å²) in [4.78, 5) is 23.5. The van der Waals surface area contributed by atoms with Gasteiger partial charge in [-0.3, -0.25) is 14.6 Å². The van der Waals surface area contributed by atoms with Gasteiger partial charge in [0.05, 0.1) is 52.4 Å². The first kappa shape index (κ1) is 33.1. The molecule has 2 aromatic carbocycles. The Bertz CT molecular complexity index is 2190. The van der Waals surface area contributed by atoms with E-state index in [4.69, 9.17) is 33.3 Å². The molecule has 10 nitrogen and oxygen atoms in total. The summed E-state index contributed by atoms with van der Waals surface area (Å²) in [6.07, 6.45) is 2.78. The van der Waals surface area contributed by atoms with Gasteiger partial charge in [0, 0.05) is 64.7 Å². The van der Waals surface area contributed by atoms with Crippen LogP contribution >= 0.6 is 23.2 Å². The van der Waals surface area contributed by atoms with Gasteiger partial charge in [-0.25, -0.2) is 18.2 Å². The molecule has 1 N–H and O–H groups in total. The maximum absolute atomic E-state index is 17.2. The van der Waals surface area contributed by atoms with Gasteiger partial charge in [0.25, 0.3) is 6.43 Å². The van der Waals surface area contributed by atoms with Gasteiger partial charge in [-0.05, 0) is 57.6 Å². The minimum atomic E-state index is -2.76. The van der Waals surface area contributed by atoms with Gasteiger partial charge < -0.3 is 14.7 Å². The molecule has 1 amide bonds. The number of nitrogens with zero attached hydrogens (tertiary/aromatic N) is 8. The number of halogens is 5. The molecule has 0 saturated carbocycles. The van der Waals surface area contributed by atoms with Crippen molar-refractivity contribution in [2.75, 3.05) is 38.6 Å². The van der Waals surface area contributed by atoms with Crippen LogP contribution < -0.4 is 4.90 Å². The average Bonchev–Trinajstić information content (AvgIpc) is 3.69. The number of amides is 1. The third kappa shape index (κ3) is 5.65. The number of benzene rings is 2. The van der Waals surface area contributed by atoms with Crippen LogP contribution in [0.15, 0.2) is 36.7 Å². The third-order valence-electron chi connectivity index (χ3n) is 9.81. The molecule has 0 unspecified atom stereocenters. The Kier molecular flexibility index (Phi) is 8.67. The maximum Gasteiger partial charge on any atom is 0.257 e. The Labute approximate surface area is 289 Å². The highest BCUT2D eigenvalue weighted by atomic mass is 35.5. The number of hydrogen-bond acceptors (Lipinski definition) is 7. The zero-order valence-electron chi connectivity index (χ0n) is 26.9. The van der Waals surface area contributed by atoms with E-state index in [-0.39, 0.29) is 35.1 Å². The number of allylic oxidation sites excluding steroid dienone is 1. The lowest BCUT2D eigenvalue weighted by Crippen LogP contribution is -2.57. The van der Waals surface area contributed by atoms with Crippen molar-refractivity contribution in [3.63, 3.8) is 0 Å². The zero-order valence-corrected chi connectivity index (χ0v) is 28.4. The second kappa shape index (κ2) is 12.8. The molecule has 2 fully saturated rings. The van der Waals surface area contributed by atoms with Gasteiger partial charge in [0.15, 0.2) is 5.82 Å². The van der Waals surface area contributed by atoms with E-state index in [1.54, 1.807) is 31.5 Å². The number of fused-ring (bicyclic) bond motifs is 4. The minimum absolute atomic E-state index is 0.0164. The van der Waals surface area contributed by atoms with Crippen molar-refractivity contribution in [1.29, 1.82) is 5.26 Å². The molecule has 0 bridgehead atoms. The Morgan fingerprint density at radius 1 is 1.16 bits per heavy atom. The number of pyridine rings is 1. The first-order valence-corrected chi connectivity index (χ1v) is 16.6. The van der Waals surface area contributed by atoms with Crippen molar-refractivity contribution >= 4 is 67.6 Å². The summed E-state index contributed by atoms with van der Waals surface area (Å²) in [6.45, 7) is 3.41. The summed E-state index contributed by atoms with van der Waals surface area (Å²) in [5.41, 5.74) is 2.72. The average molecular weight is 711 g/mol. The number of alkyl halides is 2. The van der Waals surface area contributed by atoms with Gasteiger partial charge in [-0.1, -0.05) is 23.2 Å². The fourth-order valence-electron chi connectivity index (χ4n) is 7.14. The van der Waals surface area contributed by atoms with Crippen LogP contribution in [0.2, 0.25) is 10.0 Å². The molecular weight excluding hydrogens is 678 g/mol. The molecule has 0 radical (unpaired) electrons. The van der Waals surface area contributed by atoms with E-state index >= 15 is 4.39 Å². The number of likely N-dealkylation sites (N-methyl/N-ethyl adjacent to an activating group) is 1. The molecule has 5 heterocycles. The van der Waals surface area contributed by atoms with Crippen molar-refractivity contribution < 1.29 is 18.0 Å². The Hall–Kier alpha value is -4.38. The normalized spacial score (nSPS) is 18.9. The number of piperidine rings is 1. The lowest BCUT2D eigenvalue weighted by molar-refractivity contribution is -0.130. The predicted octanol–water partition coefficient (Wildman–Crippen LogP) is 6.90. The third-order valence-corrected chi connectivity index (χ3v) is 10.5. The van der Waals surface area contributed by atoms with E-state index in [9.17, 15) is 18.8 Å². The summed E-state index contributed by atoms with van der Waals surface area (Å²) in [5.74, 6) is -0.586. The fraction of sp³-hybridized carbons (Fsp3) is 0.382. The quantitative estimate of drug-likeness (QED) is 0.183. The molecule has 7 rings (SSSR count). The number of aromatic nitrogens is 5. The lowest BCUT2D eigenvalue weighted by Gasteiger charge is -2.43. The molecule has 3 aromatic heterocycles. The second-order valence-electron chi connectivity index (χ2n) is 12.9. The molecule has 0 aliphatic carbocycles. The van der Waals surface area contributed by atoms with Crippen molar-refractivity contribution in [2.45, 2.75) is 50.7 Å². The highest BCUT2D eigenvalue weighted by Crippen LogP contribution is 2.45. The van der Waals surface area contributed by atoms with E-state index in [1.807, 2.05) is 18.8 Å². The molecule has 15 heteroatoms. The number of nitrogens with one attached hydrogen (secondary N) is 1. The first-order chi connectivity index (χ1) is 23.5. The predicted molar refractivity (Wildman–Crippen MR) is 184 cm³/mol. The largest absolute Gasteiger partial charge is 0.353 e. The minimum Gasteiger partial charge on any atom is -0.353 e. The Morgan fingerprint density at radius 3 is 2.65 bits per heavy atom. The smallest absolute Gasteiger partial charge is 0.257 e. The van der Waals surface area contributed by atoms with Crippen LogP contribution in [0.1, 0.15) is 30.9 Å². The van der Waals surface area contributed by atoms with Crippen LogP contribution in [0.4, 0.5) is 19.0 Å². The number of anilines is 1. The summed E-state index contributed by atoms with van der Waals surface area (Å²) in [7, 11) is 4.03. The van der Waals surface area contributed by atoms with Crippen molar-refractivity contribution in [3.8, 4) is 17.2 Å². The standard InChI is InChI=1S/C34H32Cl2F3N9O/c1-17-24(35)12-26-22(13-41-44-26)29(17)30-25(36)11-21-32(31(30)39)43-34(46-15-20(16-46)45(2)3)23-14-42-48(33(21)23)19-7-9-47(18(10-19)6-8-40)28(49)5-4-27(37)38/h4-5,11-14,18-20,27H,6-7,9-10,15-16H2,1-3H3,(H,41,44)/b5-4+/t18-,19+/m1/s1. The number of carbonyl (C=O) groups is 1. The molecule has 0 spiro atoms. The van der Waals surface area contributed by atoms with Crippen LogP contribution in [0, 0.1) is 24.1 Å². The van der Waals surface area contributed by atoms with Crippen molar-refractivity contribution in [2.24, 2.45) is 0 Å². The van der Waals surface area contributed by atoms with Crippen LogP contribution in [-0.2, 0) is 4.79 Å². The van der Waals surface area contributed by atoms with Gasteiger partial charge in [0.2, 0.25) is 5.91 Å². The van der Waals surface area contributed by atoms with Gasteiger partial charge >= 0.3 is 0 Å². The molecule has 2 aliphatic heterocycles. The number of aromatic amines is 1. The summed E-state index contributed by atoms with van der Waals surface area (Å²) >= 11 is 13.6. The number of likely N-dealkylation sites (tertiary alicyclic amines) is 1. The summed E-state index contributed by atoms with van der Waals surface area (Å²) in [5, 5.41) is 23.9. The second-order valence-corrected chi connectivity index (χ2v) is 13.7. The van der Waals surface area contributed by atoms with Crippen molar-refractivity contribution in [1.82, 2.24) is 34.8 Å². The van der Waals surface area contributed by atoms with E-state index in [2.05, 4.69) is 26.1 Å². The highest BCUT2D eigenvalue weighted by molar-refractivity contribution is 6.36. The number of carbonyl (C=O) groups excluding carboxylic acids is 1. The van der Waals surface area contributed by atoms with Crippen LogP contribution in [0.25, 0.3) is 43.8 Å². The Morgan fingerprint density at radius 2 is 1.94 bits per heavy atom. The topological polar surface area (TPSA) is 110 Å². The Balaban J connectivity index is 1.40. The molecular formula is C34H32Cl2F3N9O. The molecule has 2 aliphatic rings. The molecule has 2 atom stereocenters. The number of rotatable bonds is 7. The summed E-state index contributed by atoms with van der Waals surface area (Å²) < 4.78 is 44.6. The number of H-pyrrole nitrogens is 1. The van der Waals surface area contributed by atoms with Gasteiger partial charge in [0.1, 0.15) is 11.3 Å². The van der Waals surface area contributed by atoms with E-state index in [0.29, 0.717) is 81.8 Å². The maximum atomic E-state index is 17.2. The SMILES string of the molecule is Cc1c(Cl)cc2[nH]ncc2c1-c1c(Cl)cc2c(nc(N3CC(N(C)C)C3)c3cnn([C@H]4CCN(C(=O)/C=C/C(F)F)[C@H](CC#N)C4)c32)c1F. The van der Waals surface area contributed by atoms with Gasteiger partial charge in [-0.15, -0.1) is 0 Å².